The molecule has 5 rings (SSSR count). The number of fused-ring (bicyclic) bond motifs is 1. The number of nitrogens with zero attached hydrogens (tertiary/aromatic N) is 1. The number of nitrogens with one attached hydrogen (secondary N) is 2. The zero-order chi connectivity index (χ0) is 44.4. The SMILES string of the molecule is N=C(N)c1ccc(OCCCCCOc2ccc(C(=N)N)cc2)cc1.O=C(C=CC=Cc1ccc2c(c1)OCO2)N1CCCCC1.O=S(=O)(O)CCO.O=S(=O)(O)CCO. The highest BCUT2D eigenvalue weighted by molar-refractivity contribution is 7.86. The first-order chi connectivity index (χ1) is 28.5. The Morgan fingerprint density at radius 3 is 1.62 bits per heavy atom. The Hall–Kier alpha value is -5.51. The average Bonchev–Trinajstić information content (AvgIpc) is 3.68. The highest BCUT2D eigenvalue weighted by atomic mass is 32.2. The number of nitrogen functional groups attached to an aromatic ring is 2. The van der Waals surface area contributed by atoms with Gasteiger partial charge in [-0.25, -0.2) is 0 Å². The number of rotatable bonds is 17. The maximum absolute atomic E-state index is 11.9. The van der Waals surface area contributed by atoms with Gasteiger partial charge in [-0.05, 0) is 105 Å². The third-order valence-corrected chi connectivity index (χ3v) is 9.46. The van der Waals surface area contributed by atoms with Crippen molar-refractivity contribution in [2.24, 2.45) is 11.5 Å². The molecule has 18 nitrogen and oxygen atoms in total. The van der Waals surface area contributed by atoms with Crippen LogP contribution in [-0.4, -0.2) is 116 Å². The summed E-state index contributed by atoms with van der Waals surface area (Å²) in [5.41, 5.74) is 13.2. The molecule has 3 aromatic rings. The molecule has 0 spiro atoms. The van der Waals surface area contributed by atoms with E-state index in [2.05, 4.69) is 0 Å². The molecule has 0 unspecified atom stereocenters. The largest absolute Gasteiger partial charge is 0.494 e. The summed E-state index contributed by atoms with van der Waals surface area (Å²) in [6, 6.07) is 20.2. The fourth-order valence-electron chi connectivity index (χ4n) is 4.99. The summed E-state index contributed by atoms with van der Waals surface area (Å²) in [7, 11) is -7.85. The Morgan fingerprint density at radius 2 is 1.18 bits per heavy atom. The number of carbonyl (C=O) groups is 1. The van der Waals surface area contributed by atoms with Crippen molar-refractivity contribution in [3.05, 3.63) is 102 Å². The van der Waals surface area contributed by atoms with Crippen LogP contribution < -0.4 is 30.4 Å². The van der Waals surface area contributed by atoms with Gasteiger partial charge < -0.3 is 45.5 Å². The van der Waals surface area contributed by atoms with Gasteiger partial charge in [0.25, 0.3) is 20.2 Å². The molecule has 0 aliphatic carbocycles. The molecule has 10 N–H and O–H groups in total. The van der Waals surface area contributed by atoms with Gasteiger partial charge in [0.1, 0.15) is 23.2 Å². The second-order valence-corrected chi connectivity index (χ2v) is 16.0. The molecule has 1 fully saturated rings. The molecular formula is C40H55N5O13S2. The number of nitrogens with two attached hydrogens (primary N) is 2. The number of allylic oxidation sites excluding steroid dienone is 2. The topological polar surface area (TPSA) is 306 Å². The molecule has 3 aromatic carbocycles. The van der Waals surface area contributed by atoms with Crippen LogP contribution in [0.2, 0.25) is 0 Å². The molecule has 1 saturated heterocycles. The van der Waals surface area contributed by atoms with E-state index in [1.807, 2.05) is 59.5 Å². The van der Waals surface area contributed by atoms with Crippen LogP contribution in [0.5, 0.6) is 23.0 Å². The number of hydrogen-bond acceptors (Lipinski definition) is 13. The van der Waals surface area contributed by atoms with Crippen molar-refractivity contribution in [2.75, 3.05) is 57.8 Å². The summed E-state index contributed by atoms with van der Waals surface area (Å²) in [5, 5.41) is 30.4. The summed E-state index contributed by atoms with van der Waals surface area (Å²) in [6.07, 6.45) is 13.6. The number of ether oxygens (including phenoxy) is 4. The Kier molecular flexibility index (Phi) is 23.0. The van der Waals surface area contributed by atoms with Crippen molar-refractivity contribution in [3.8, 4) is 23.0 Å². The van der Waals surface area contributed by atoms with E-state index >= 15 is 0 Å². The Balaban J connectivity index is 0.000000317. The van der Waals surface area contributed by atoms with Crippen LogP contribution in [-0.2, 0) is 25.0 Å². The fraction of sp³-hybridized carbons (Fsp3) is 0.375. The lowest BCUT2D eigenvalue weighted by molar-refractivity contribution is -0.126. The molecule has 2 aliphatic heterocycles. The molecule has 0 atom stereocenters. The van der Waals surface area contributed by atoms with Crippen molar-refractivity contribution in [1.82, 2.24) is 4.90 Å². The normalized spacial score (nSPS) is 13.2. The van der Waals surface area contributed by atoms with E-state index in [0.717, 1.165) is 73.8 Å². The first-order valence-corrected chi connectivity index (χ1v) is 22.0. The standard InChI is InChI=1S/C19H24N4O2.C17H19NO3.2C2H6O4S/c20-18(21)14-4-8-16(9-5-14)24-12-2-1-3-13-25-17-10-6-15(7-11-17)19(22)23;19-17(18-10-4-1-5-11-18)7-3-2-6-14-8-9-15-16(12-14)21-13-20-15;2*3-1-2-7(4,5)6/h4-11H,1-3,12-13H2,(H3,20,21)(H3,22,23);2-3,6-9,12H,1,4-5,10-11,13H2;2*3H,1-2H2,(H,4,5,6). The predicted molar refractivity (Wildman–Crippen MR) is 228 cm³/mol. The van der Waals surface area contributed by atoms with Gasteiger partial charge >= 0.3 is 0 Å². The van der Waals surface area contributed by atoms with Crippen LogP contribution in [0.3, 0.4) is 0 Å². The summed E-state index contributed by atoms with van der Waals surface area (Å²) in [4.78, 5) is 13.8. The van der Waals surface area contributed by atoms with Gasteiger partial charge in [-0.3, -0.25) is 24.7 Å². The number of likely N-dealkylation sites (tertiary alicyclic amines) is 1. The first-order valence-electron chi connectivity index (χ1n) is 18.8. The summed E-state index contributed by atoms with van der Waals surface area (Å²) in [6.45, 7) is 2.29. The minimum atomic E-state index is -3.92. The molecule has 20 heteroatoms. The van der Waals surface area contributed by atoms with Crippen molar-refractivity contribution < 1.29 is 59.9 Å². The molecule has 330 valence electrons. The lowest BCUT2D eigenvalue weighted by Gasteiger charge is -2.25. The summed E-state index contributed by atoms with van der Waals surface area (Å²) in [5.74, 6) is 2.18. The van der Waals surface area contributed by atoms with E-state index in [-0.39, 0.29) is 24.4 Å². The van der Waals surface area contributed by atoms with E-state index in [1.54, 1.807) is 36.4 Å². The zero-order valence-corrected chi connectivity index (χ0v) is 34.8. The molecule has 0 radical (unpaired) electrons. The van der Waals surface area contributed by atoms with Crippen LogP contribution in [0.1, 0.15) is 55.2 Å². The number of piperidine rings is 1. The van der Waals surface area contributed by atoms with Gasteiger partial charge in [-0.2, -0.15) is 16.8 Å². The number of aliphatic hydroxyl groups excluding tert-OH is 2. The third kappa shape index (κ3) is 22.6. The zero-order valence-electron chi connectivity index (χ0n) is 33.1. The molecular weight excluding hydrogens is 823 g/mol. The molecule has 2 heterocycles. The maximum atomic E-state index is 11.9. The highest BCUT2D eigenvalue weighted by Crippen LogP contribution is 2.32. The van der Waals surface area contributed by atoms with Crippen molar-refractivity contribution in [2.45, 2.75) is 38.5 Å². The lowest BCUT2D eigenvalue weighted by atomic mass is 10.1. The number of aliphatic hydroxyl groups is 2. The predicted octanol–water partition coefficient (Wildman–Crippen LogP) is 3.61. The second-order valence-electron chi connectivity index (χ2n) is 12.9. The molecule has 60 heavy (non-hydrogen) atoms. The minimum absolute atomic E-state index is 0.0579. The smallest absolute Gasteiger partial charge is 0.267 e. The fourth-order valence-corrected chi connectivity index (χ4v) is 5.46. The average molecular weight is 878 g/mol. The number of amides is 1. The van der Waals surface area contributed by atoms with Crippen molar-refractivity contribution in [3.63, 3.8) is 0 Å². The summed E-state index contributed by atoms with van der Waals surface area (Å²) >= 11 is 0. The number of benzene rings is 3. The molecule has 2 aliphatic rings. The van der Waals surface area contributed by atoms with Gasteiger partial charge in [-0.15, -0.1) is 0 Å². The lowest BCUT2D eigenvalue weighted by Crippen LogP contribution is -2.34. The Morgan fingerprint density at radius 1 is 0.700 bits per heavy atom. The van der Waals surface area contributed by atoms with Crippen molar-refractivity contribution in [1.29, 1.82) is 10.8 Å². The van der Waals surface area contributed by atoms with E-state index < -0.39 is 45.0 Å². The molecule has 0 saturated carbocycles. The number of hydrogen-bond donors (Lipinski definition) is 8. The van der Waals surface area contributed by atoms with Gasteiger partial charge in [0.2, 0.25) is 12.7 Å². The number of amidine groups is 2. The van der Waals surface area contributed by atoms with E-state index in [4.69, 9.17) is 60.6 Å². The van der Waals surface area contributed by atoms with Gasteiger partial charge in [-0.1, -0.05) is 24.3 Å². The van der Waals surface area contributed by atoms with Gasteiger partial charge in [0.15, 0.2) is 11.5 Å². The van der Waals surface area contributed by atoms with Crippen molar-refractivity contribution >= 4 is 43.9 Å². The monoisotopic (exact) mass is 877 g/mol. The van der Waals surface area contributed by atoms with Crippen LogP contribution in [0.15, 0.2) is 85.0 Å². The van der Waals surface area contributed by atoms with Crippen LogP contribution >= 0.6 is 0 Å². The van der Waals surface area contributed by atoms with Crippen LogP contribution in [0.25, 0.3) is 6.08 Å². The molecule has 0 aromatic heterocycles. The third-order valence-electron chi connectivity index (χ3n) is 8.06. The van der Waals surface area contributed by atoms with E-state index in [0.29, 0.717) is 24.3 Å². The Labute approximate surface area is 350 Å². The van der Waals surface area contributed by atoms with Gasteiger partial charge in [0.05, 0.1) is 37.9 Å². The van der Waals surface area contributed by atoms with Crippen LogP contribution in [0.4, 0.5) is 0 Å². The number of unbranched alkanes of at least 4 members (excludes halogenated alkanes) is 2. The van der Waals surface area contributed by atoms with Gasteiger partial charge in [0, 0.05) is 30.3 Å². The number of carbonyl (C=O) groups excluding carboxylic acids is 1. The Bertz CT molecular complexity index is 1960. The molecule has 0 bridgehead atoms. The van der Waals surface area contributed by atoms with E-state index in [1.165, 1.54) is 6.42 Å². The quantitative estimate of drug-likeness (QED) is 0.0240. The van der Waals surface area contributed by atoms with Crippen LogP contribution in [0, 0.1) is 10.8 Å². The first kappa shape index (κ1) is 50.6. The highest BCUT2D eigenvalue weighted by Gasteiger charge is 2.14. The summed E-state index contributed by atoms with van der Waals surface area (Å²) < 4.78 is 76.1. The molecule has 1 amide bonds. The van der Waals surface area contributed by atoms with E-state index in [9.17, 15) is 21.6 Å². The minimum Gasteiger partial charge on any atom is -0.494 e. The second kappa shape index (κ2) is 27.3. The maximum Gasteiger partial charge on any atom is 0.267 e.